The lowest BCUT2D eigenvalue weighted by Gasteiger charge is -2.00. The molecule has 82 valence electrons. The number of thiazole rings is 1. The first-order valence-corrected chi connectivity index (χ1v) is 5.27. The summed E-state index contributed by atoms with van der Waals surface area (Å²) in [7, 11) is 0. The first-order chi connectivity index (χ1) is 7.75. The molecule has 0 bridgehead atoms. The zero-order valence-corrected chi connectivity index (χ0v) is 8.85. The average Bonchev–Trinajstić information content (AvgIpc) is 2.80. The zero-order valence-electron chi connectivity index (χ0n) is 8.03. The third-order valence-corrected chi connectivity index (χ3v) is 2.40. The molecule has 0 saturated carbocycles. The maximum absolute atomic E-state index is 10.4. The van der Waals surface area contributed by atoms with Gasteiger partial charge in [0.2, 0.25) is 5.95 Å². The second-order valence-electron chi connectivity index (χ2n) is 2.86. The van der Waals surface area contributed by atoms with E-state index in [1.54, 1.807) is 5.51 Å². The van der Waals surface area contributed by atoms with E-state index < -0.39 is 4.92 Å². The number of rotatable bonds is 4. The highest BCUT2D eigenvalue weighted by molar-refractivity contribution is 7.07. The molecular formula is C8H7N5O2S. The van der Waals surface area contributed by atoms with Crippen molar-refractivity contribution in [3.05, 3.63) is 39.1 Å². The van der Waals surface area contributed by atoms with Crippen LogP contribution in [0.4, 0.5) is 11.6 Å². The van der Waals surface area contributed by atoms with Crippen LogP contribution in [0.15, 0.2) is 23.3 Å². The van der Waals surface area contributed by atoms with Crippen molar-refractivity contribution in [3.8, 4) is 0 Å². The van der Waals surface area contributed by atoms with E-state index in [9.17, 15) is 10.1 Å². The van der Waals surface area contributed by atoms with Crippen molar-refractivity contribution < 1.29 is 4.92 Å². The zero-order chi connectivity index (χ0) is 11.4. The highest BCUT2D eigenvalue weighted by Crippen LogP contribution is 2.09. The van der Waals surface area contributed by atoms with Crippen LogP contribution in [-0.4, -0.2) is 19.9 Å². The summed E-state index contributed by atoms with van der Waals surface area (Å²) in [5.41, 5.74) is 2.49. The molecule has 2 aromatic heterocycles. The van der Waals surface area contributed by atoms with Crippen molar-refractivity contribution in [1.29, 1.82) is 0 Å². The molecule has 8 heteroatoms. The lowest BCUT2D eigenvalue weighted by atomic mass is 10.5. The number of hydrogen-bond acceptors (Lipinski definition) is 7. The van der Waals surface area contributed by atoms with Crippen molar-refractivity contribution in [2.45, 2.75) is 6.54 Å². The predicted octanol–water partition coefficient (Wildman–Crippen LogP) is 1.45. The summed E-state index contributed by atoms with van der Waals surface area (Å²) in [6.07, 6.45) is 2.33. The third kappa shape index (κ3) is 2.48. The number of hydrogen-bond donors (Lipinski definition) is 1. The predicted molar refractivity (Wildman–Crippen MR) is 58.1 cm³/mol. The van der Waals surface area contributed by atoms with Crippen LogP contribution < -0.4 is 5.32 Å². The van der Waals surface area contributed by atoms with E-state index in [0.717, 1.165) is 18.1 Å². The molecule has 2 rings (SSSR count). The number of nitrogens with one attached hydrogen (secondary N) is 1. The van der Waals surface area contributed by atoms with Gasteiger partial charge in [0.1, 0.15) is 12.4 Å². The van der Waals surface area contributed by atoms with Gasteiger partial charge in [-0.25, -0.2) is 15.0 Å². The molecular weight excluding hydrogens is 230 g/mol. The summed E-state index contributed by atoms with van der Waals surface area (Å²) in [5, 5.41) is 15.2. The van der Waals surface area contributed by atoms with Gasteiger partial charge in [0.25, 0.3) is 0 Å². The van der Waals surface area contributed by atoms with Crippen molar-refractivity contribution in [2.75, 3.05) is 5.32 Å². The lowest BCUT2D eigenvalue weighted by molar-refractivity contribution is -0.385. The Morgan fingerprint density at radius 1 is 1.38 bits per heavy atom. The van der Waals surface area contributed by atoms with Gasteiger partial charge in [-0.15, -0.1) is 11.3 Å². The Kier molecular flexibility index (Phi) is 3.01. The van der Waals surface area contributed by atoms with Gasteiger partial charge in [0.05, 0.1) is 22.7 Å². The van der Waals surface area contributed by atoms with Crippen molar-refractivity contribution >= 4 is 23.0 Å². The maximum Gasteiger partial charge on any atom is 0.305 e. The Bertz CT molecular complexity index is 470. The van der Waals surface area contributed by atoms with Crippen molar-refractivity contribution in [3.63, 3.8) is 0 Å². The Balaban J connectivity index is 1.98. The molecule has 1 N–H and O–H groups in total. The molecule has 0 amide bonds. The van der Waals surface area contributed by atoms with Crippen LogP contribution in [-0.2, 0) is 6.54 Å². The minimum atomic E-state index is -0.537. The van der Waals surface area contributed by atoms with E-state index in [1.165, 1.54) is 11.3 Å². The summed E-state index contributed by atoms with van der Waals surface area (Å²) < 4.78 is 0. The highest BCUT2D eigenvalue weighted by Gasteiger charge is 2.06. The lowest BCUT2D eigenvalue weighted by Crippen LogP contribution is -2.03. The summed E-state index contributed by atoms with van der Waals surface area (Å²) in [5.74, 6) is 0.346. The van der Waals surface area contributed by atoms with Gasteiger partial charge in [0.15, 0.2) is 0 Å². The standard InChI is InChI=1S/C8H7N5O2S/c14-13(15)7-2-10-8(11-3-7)9-1-6-4-16-5-12-6/h2-5H,1H2,(H,9,10,11). The third-order valence-electron chi connectivity index (χ3n) is 1.76. The number of nitro groups is 1. The molecule has 16 heavy (non-hydrogen) atoms. The first-order valence-electron chi connectivity index (χ1n) is 4.33. The molecule has 2 heterocycles. The molecule has 0 radical (unpaired) electrons. The average molecular weight is 237 g/mol. The summed E-state index contributed by atoms with van der Waals surface area (Å²) >= 11 is 1.50. The summed E-state index contributed by atoms with van der Waals surface area (Å²) in [6, 6.07) is 0. The molecule has 7 nitrogen and oxygen atoms in total. The van der Waals surface area contributed by atoms with Gasteiger partial charge in [-0.05, 0) is 0 Å². The molecule has 0 fully saturated rings. The second-order valence-corrected chi connectivity index (χ2v) is 3.57. The van der Waals surface area contributed by atoms with Gasteiger partial charge in [-0.2, -0.15) is 0 Å². The maximum atomic E-state index is 10.4. The van der Waals surface area contributed by atoms with E-state index >= 15 is 0 Å². The molecule has 2 aromatic rings. The van der Waals surface area contributed by atoms with Crippen LogP contribution in [0.5, 0.6) is 0 Å². The molecule has 0 aliphatic rings. The molecule has 0 spiro atoms. The number of anilines is 1. The number of aromatic nitrogens is 3. The van der Waals surface area contributed by atoms with Crippen molar-refractivity contribution in [1.82, 2.24) is 15.0 Å². The Hall–Kier alpha value is -2.09. The minimum absolute atomic E-state index is 0.126. The van der Waals surface area contributed by atoms with Gasteiger partial charge in [0, 0.05) is 5.38 Å². The van der Waals surface area contributed by atoms with Crippen LogP contribution in [0.2, 0.25) is 0 Å². The van der Waals surface area contributed by atoms with Gasteiger partial charge in [-0.3, -0.25) is 10.1 Å². The highest BCUT2D eigenvalue weighted by atomic mass is 32.1. The largest absolute Gasteiger partial charge is 0.349 e. The Labute approximate surface area is 94.4 Å². The van der Waals surface area contributed by atoms with E-state index in [1.807, 2.05) is 5.38 Å². The van der Waals surface area contributed by atoms with Crippen LogP contribution in [0.1, 0.15) is 5.69 Å². The molecule has 0 saturated heterocycles. The fourth-order valence-electron chi connectivity index (χ4n) is 1.00. The minimum Gasteiger partial charge on any atom is -0.349 e. The van der Waals surface area contributed by atoms with Gasteiger partial charge >= 0.3 is 5.69 Å². The van der Waals surface area contributed by atoms with Crippen LogP contribution >= 0.6 is 11.3 Å². The molecule has 0 aliphatic carbocycles. The van der Waals surface area contributed by atoms with Crippen molar-refractivity contribution in [2.24, 2.45) is 0 Å². The first kappa shape index (κ1) is 10.4. The second kappa shape index (κ2) is 4.62. The van der Waals surface area contributed by atoms with Crippen LogP contribution in [0, 0.1) is 10.1 Å². The van der Waals surface area contributed by atoms with E-state index in [0.29, 0.717) is 12.5 Å². The molecule has 0 aromatic carbocycles. The Morgan fingerprint density at radius 2 is 2.12 bits per heavy atom. The van der Waals surface area contributed by atoms with E-state index in [2.05, 4.69) is 20.3 Å². The molecule has 0 atom stereocenters. The molecule has 0 aliphatic heterocycles. The number of nitrogens with zero attached hydrogens (tertiary/aromatic N) is 4. The van der Waals surface area contributed by atoms with E-state index in [4.69, 9.17) is 0 Å². The normalized spacial score (nSPS) is 10.0. The fourth-order valence-corrected chi connectivity index (χ4v) is 1.56. The topological polar surface area (TPSA) is 93.8 Å². The fraction of sp³-hybridized carbons (Fsp3) is 0.125. The van der Waals surface area contributed by atoms with E-state index in [-0.39, 0.29) is 5.69 Å². The SMILES string of the molecule is O=[N+]([O-])c1cnc(NCc2cscn2)nc1. The van der Waals surface area contributed by atoms with Gasteiger partial charge < -0.3 is 5.32 Å². The summed E-state index contributed by atoms with van der Waals surface area (Å²) in [6.45, 7) is 0.501. The van der Waals surface area contributed by atoms with Crippen LogP contribution in [0.3, 0.4) is 0 Å². The van der Waals surface area contributed by atoms with Crippen LogP contribution in [0.25, 0.3) is 0 Å². The monoisotopic (exact) mass is 237 g/mol. The molecule has 0 unspecified atom stereocenters. The summed E-state index contributed by atoms with van der Waals surface area (Å²) in [4.78, 5) is 21.5. The Morgan fingerprint density at radius 3 is 2.69 bits per heavy atom. The van der Waals surface area contributed by atoms with Gasteiger partial charge in [-0.1, -0.05) is 0 Å². The quantitative estimate of drug-likeness (QED) is 0.639. The smallest absolute Gasteiger partial charge is 0.305 e.